The Morgan fingerprint density at radius 1 is 1.41 bits per heavy atom. The van der Waals surface area contributed by atoms with Gasteiger partial charge in [0.25, 0.3) is 0 Å². The SMILES string of the molecule is CC(CC1CCCC1)C(=O)Nc1ccc2c(c1F)CCNC2. The number of halogens is 1. The fraction of sp³-hybridized carbons (Fsp3) is 0.611. The molecule has 0 radical (unpaired) electrons. The fourth-order valence-electron chi connectivity index (χ4n) is 3.74. The maximum atomic E-state index is 14.5. The van der Waals surface area contributed by atoms with Gasteiger partial charge in [0, 0.05) is 12.5 Å². The van der Waals surface area contributed by atoms with Crippen molar-refractivity contribution in [2.75, 3.05) is 11.9 Å². The van der Waals surface area contributed by atoms with Crippen LogP contribution in [0.15, 0.2) is 12.1 Å². The number of hydrogen-bond acceptors (Lipinski definition) is 2. The maximum absolute atomic E-state index is 14.5. The second kappa shape index (κ2) is 6.78. The highest BCUT2D eigenvalue weighted by atomic mass is 19.1. The molecule has 0 bridgehead atoms. The normalized spacial score (nSPS) is 19.7. The van der Waals surface area contributed by atoms with E-state index in [2.05, 4.69) is 10.6 Å². The second-order valence-corrected chi connectivity index (χ2v) is 6.77. The van der Waals surface area contributed by atoms with Crippen LogP contribution in [0.3, 0.4) is 0 Å². The Morgan fingerprint density at radius 3 is 2.95 bits per heavy atom. The summed E-state index contributed by atoms with van der Waals surface area (Å²) in [5.41, 5.74) is 2.09. The summed E-state index contributed by atoms with van der Waals surface area (Å²) in [6.07, 6.45) is 6.64. The molecule has 1 unspecified atom stereocenters. The summed E-state index contributed by atoms with van der Waals surface area (Å²) in [6.45, 7) is 3.45. The molecule has 1 aliphatic heterocycles. The predicted octanol–water partition coefficient (Wildman–Crippen LogP) is 3.63. The van der Waals surface area contributed by atoms with Gasteiger partial charge in [-0.05, 0) is 42.5 Å². The van der Waals surface area contributed by atoms with E-state index >= 15 is 0 Å². The Labute approximate surface area is 131 Å². The average molecular weight is 304 g/mol. The van der Waals surface area contributed by atoms with Crippen molar-refractivity contribution < 1.29 is 9.18 Å². The van der Waals surface area contributed by atoms with Crippen LogP contribution in [-0.2, 0) is 17.8 Å². The van der Waals surface area contributed by atoms with Gasteiger partial charge in [0.2, 0.25) is 5.91 Å². The molecule has 3 nitrogen and oxygen atoms in total. The first-order valence-corrected chi connectivity index (χ1v) is 8.47. The molecule has 3 rings (SSSR count). The van der Waals surface area contributed by atoms with Gasteiger partial charge >= 0.3 is 0 Å². The Bertz CT molecular complexity index is 552. The summed E-state index contributed by atoms with van der Waals surface area (Å²) in [6, 6.07) is 3.61. The molecule has 1 heterocycles. The van der Waals surface area contributed by atoms with Gasteiger partial charge in [0.1, 0.15) is 5.82 Å². The lowest BCUT2D eigenvalue weighted by Crippen LogP contribution is -2.26. The summed E-state index contributed by atoms with van der Waals surface area (Å²) in [5.74, 6) is 0.306. The monoisotopic (exact) mass is 304 g/mol. The minimum absolute atomic E-state index is 0.0554. The van der Waals surface area contributed by atoms with Gasteiger partial charge in [-0.25, -0.2) is 4.39 Å². The van der Waals surface area contributed by atoms with Crippen molar-refractivity contribution in [3.05, 3.63) is 29.1 Å². The molecule has 0 spiro atoms. The van der Waals surface area contributed by atoms with Crippen molar-refractivity contribution in [1.29, 1.82) is 0 Å². The third kappa shape index (κ3) is 3.32. The molecule has 1 aromatic carbocycles. The van der Waals surface area contributed by atoms with Gasteiger partial charge in [0.15, 0.2) is 0 Å². The summed E-state index contributed by atoms with van der Waals surface area (Å²) >= 11 is 0. The molecule has 0 saturated heterocycles. The molecule has 1 atom stereocenters. The van der Waals surface area contributed by atoms with E-state index in [-0.39, 0.29) is 17.6 Å². The van der Waals surface area contributed by atoms with Gasteiger partial charge < -0.3 is 10.6 Å². The second-order valence-electron chi connectivity index (χ2n) is 6.77. The first kappa shape index (κ1) is 15.5. The van der Waals surface area contributed by atoms with Crippen molar-refractivity contribution in [3.8, 4) is 0 Å². The molecule has 2 aliphatic rings. The highest BCUT2D eigenvalue weighted by Gasteiger charge is 2.23. The molecule has 1 aliphatic carbocycles. The van der Waals surface area contributed by atoms with Crippen LogP contribution in [0.4, 0.5) is 10.1 Å². The molecule has 0 aromatic heterocycles. The number of anilines is 1. The zero-order valence-electron chi connectivity index (χ0n) is 13.3. The van der Waals surface area contributed by atoms with Crippen molar-refractivity contribution in [2.24, 2.45) is 11.8 Å². The van der Waals surface area contributed by atoms with E-state index < -0.39 is 0 Å². The van der Waals surface area contributed by atoms with E-state index in [0.29, 0.717) is 24.6 Å². The van der Waals surface area contributed by atoms with Crippen molar-refractivity contribution >= 4 is 11.6 Å². The summed E-state index contributed by atoms with van der Waals surface area (Å²) < 4.78 is 14.5. The van der Waals surface area contributed by atoms with Gasteiger partial charge in [-0.2, -0.15) is 0 Å². The fourth-order valence-corrected chi connectivity index (χ4v) is 3.74. The van der Waals surface area contributed by atoms with Crippen LogP contribution >= 0.6 is 0 Å². The van der Waals surface area contributed by atoms with Crippen LogP contribution in [0.2, 0.25) is 0 Å². The Balaban J connectivity index is 1.65. The summed E-state index contributed by atoms with van der Waals surface area (Å²) in [7, 11) is 0. The van der Waals surface area contributed by atoms with Crippen LogP contribution in [0, 0.1) is 17.7 Å². The van der Waals surface area contributed by atoms with E-state index in [1.807, 2.05) is 13.0 Å². The number of fused-ring (bicyclic) bond motifs is 1. The van der Waals surface area contributed by atoms with Gasteiger partial charge in [-0.15, -0.1) is 0 Å². The van der Waals surface area contributed by atoms with Gasteiger partial charge in [-0.1, -0.05) is 38.7 Å². The zero-order chi connectivity index (χ0) is 15.5. The molecule has 1 fully saturated rings. The number of nitrogens with one attached hydrogen (secondary N) is 2. The minimum atomic E-state index is -0.250. The molecule has 120 valence electrons. The quantitative estimate of drug-likeness (QED) is 0.892. The number of amides is 1. The number of rotatable bonds is 4. The molecule has 1 saturated carbocycles. The standard InChI is InChI=1S/C18H25FN2O/c1-12(10-13-4-2-3-5-13)18(22)21-16-7-6-14-11-20-9-8-15(14)17(16)19/h6-7,12-13,20H,2-5,8-11H2,1H3,(H,21,22). The lowest BCUT2D eigenvalue weighted by molar-refractivity contribution is -0.119. The van der Waals surface area contributed by atoms with Crippen molar-refractivity contribution in [2.45, 2.75) is 52.0 Å². The Morgan fingerprint density at radius 2 is 2.18 bits per heavy atom. The number of benzene rings is 1. The zero-order valence-corrected chi connectivity index (χ0v) is 13.3. The number of hydrogen-bond donors (Lipinski definition) is 2. The van der Waals surface area contributed by atoms with Crippen molar-refractivity contribution in [1.82, 2.24) is 5.32 Å². The molecule has 1 aromatic rings. The highest BCUT2D eigenvalue weighted by Crippen LogP contribution is 2.31. The lowest BCUT2D eigenvalue weighted by Gasteiger charge is -2.21. The third-order valence-corrected chi connectivity index (χ3v) is 5.07. The first-order valence-electron chi connectivity index (χ1n) is 8.47. The van der Waals surface area contributed by atoms with Gasteiger partial charge in [-0.3, -0.25) is 4.79 Å². The first-order chi connectivity index (χ1) is 10.6. The van der Waals surface area contributed by atoms with Crippen LogP contribution in [0.5, 0.6) is 0 Å². The maximum Gasteiger partial charge on any atom is 0.227 e. The number of carbonyl (C=O) groups excluding carboxylic acids is 1. The molecular formula is C18H25FN2O. The van der Waals surface area contributed by atoms with E-state index in [1.54, 1.807) is 6.07 Å². The van der Waals surface area contributed by atoms with E-state index in [4.69, 9.17) is 0 Å². The van der Waals surface area contributed by atoms with Crippen LogP contribution < -0.4 is 10.6 Å². The third-order valence-electron chi connectivity index (χ3n) is 5.07. The van der Waals surface area contributed by atoms with E-state index in [9.17, 15) is 9.18 Å². The molecule has 4 heteroatoms. The molecule has 22 heavy (non-hydrogen) atoms. The lowest BCUT2D eigenvalue weighted by atomic mass is 9.93. The minimum Gasteiger partial charge on any atom is -0.323 e. The topological polar surface area (TPSA) is 41.1 Å². The Kier molecular flexibility index (Phi) is 4.77. The number of carbonyl (C=O) groups is 1. The van der Waals surface area contributed by atoms with Crippen molar-refractivity contribution in [3.63, 3.8) is 0 Å². The average Bonchev–Trinajstić information content (AvgIpc) is 3.03. The molecule has 1 amide bonds. The van der Waals surface area contributed by atoms with Crippen LogP contribution in [0.25, 0.3) is 0 Å². The smallest absolute Gasteiger partial charge is 0.227 e. The Hall–Kier alpha value is -1.42. The summed E-state index contributed by atoms with van der Waals surface area (Å²) in [4.78, 5) is 12.3. The molecular weight excluding hydrogens is 279 g/mol. The predicted molar refractivity (Wildman–Crippen MR) is 86.2 cm³/mol. The molecule has 2 N–H and O–H groups in total. The summed E-state index contributed by atoms with van der Waals surface area (Å²) in [5, 5.41) is 6.03. The largest absolute Gasteiger partial charge is 0.323 e. The van der Waals surface area contributed by atoms with E-state index in [1.165, 1.54) is 25.7 Å². The van der Waals surface area contributed by atoms with E-state index in [0.717, 1.165) is 24.1 Å². The highest BCUT2D eigenvalue weighted by molar-refractivity contribution is 5.92. The van der Waals surface area contributed by atoms with Crippen LogP contribution in [0.1, 0.15) is 50.2 Å². The van der Waals surface area contributed by atoms with Crippen LogP contribution in [-0.4, -0.2) is 12.5 Å². The van der Waals surface area contributed by atoms with Gasteiger partial charge in [0.05, 0.1) is 5.69 Å².